The number of aliphatic hydroxyl groups excluding tert-OH is 1. The van der Waals surface area contributed by atoms with Crippen LogP contribution in [0.1, 0.15) is 64.8 Å². The van der Waals surface area contributed by atoms with Crippen LogP contribution >= 0.6 is 0 Å². The van der Waals surface area contributed by atoms with E-state index in [1.54, 1.807) is 6.07 Å². The number of nitrogens with zero attached hydrogens (tertiary/aromatic N) is 1. The van der Waals surface area contributed by atoms with E-state index in [-0.39, 0.29) is 17.8 Å². The minimum absolute atomic E-state index is 0.0328. The lowest BCUT2D eigenvalue weighted by Crippen LogP contribution is -2.33. The normalized spacial score (nSPS) is 16.6. The topological polar surface area (TPSA) is 86.1 Å². The Bertz CT molecular complexity index is 1160. The largest absolute Gasteiger partial charge is 0.493 e. The number of carbonyl (C=O) groups excluding carboxylic acids is 1. The van der Waals surface area contributed by atoms with E-state index >= 15 is 0 Å². The molecule has 0 saturated heterocycles. The number of aromatic nitrogens is 1. The standard InChI is InChI=1S/C24H22N2O3/c25-14-15-4-6-18-20(12-15)26-23-21(18)22(28)17-7-5-16(29-11-3-10-27)13-19(17)24(23)8-1-2-9-24/h4-7,12-13,26-27H,1-3,8-11H2. The lowest BCUT2D eigenvalue weighted by Gasteiger charge is -2.35. The van der Waals surface area contributed by atoms with E-state index in [2.05, 4.69) is 11.1 Å². The van der Waals surface area contributed by atoms with Gasteiger partial charge >= 0.3 is 0 Å². The maximum atomic E-state index is 13.5. The molecule has 0 unspecified atom stereocenters. The molecule has 1 fully saturated rings. The van der Waals surface area contributed by atoms with Crippen LogP contribution in [0.25, 0.3) is 10.9 Å². The Hall–Kier alpha value is -3.10. The summed E-state index contributed by atoms with van der Waals surface area (Å²) in [7, 11) is 0. The number of carbonyl (C=O) groups is 1. The monoisotopic (exact) mass is 386 g/mol. The molecule has 1 aromatic heterocycles. The van der Waals surface area contributed by atoms with Crippen molar-refractivity contribution in [3.8, 4) is 11.8 Å². The number of ketones is 1. The van der Waals surface area contributed by atoms with E-state index in [0.29, 0.717) is 18.6 Å². The number of hydrogen-bond acceptors (Lipinski definition) is 4. The second-order valence-corrected chi connectivity index (χ2v) is 8.00. The molecule has 2 aromatic carbocycles. The smallest absolute Gasteiger partial charge is 0.195 e. The van der Waals surface area contributed by atoms with Gasteiger partial charge in [0, 0.05) is 40.6 Å². The molecule has 0 atom stereocenters. The molecule has 5 rings (SSSR count). The molecular weight excluding hydrogens is 364 g/mol. The average molecular weight is 386 g/mol. The van der Waals surface area contributed by atoms with E-state index < -0.39 is 0 Å². The van der Waals surface area contributed by atoms with Gasteiger partial charge in [0.2, 0.25) is 0 Å². The van der Waals surface area contributed by atoms with Gasteiger partial charge < -0.3 is 14.8 Å². The van der Waals surface area contributed by atoms with Crippen LogP contribution in [0.5, 0.6) is 5.75 Å². The average Bonchev–Trinajstić information content (AvgIpc) is 3.38. The van der Waals surface area contributed by atoms with Crippen LogP contribution in [-0.4, -0.2) is 29.1 Å². The summed E-state index contributed by atoms with van der Waals surface area (Å²) in [4.78, 5) is 17.0. The number of nitrogens with one attached hydrogen (secondary N) is 1. The molecule has 1 heterocycles. The second-order valence-electron chi connectivity index (χ2n) is 8.00. The highest BCUT2D eigenvalue weighted by Gasteiger charge is 2.47. The zero-order chi connectivity index (χ0) is 20.0. The van der Waals surface area contributed by atoms with Crippen molar-refractivity contribution < 1.29 is 14.6 Å². The first-order valence-corrected chi connectivity index (χ1v) is 10.2. The van der Waals surface area contributed by atoms with Crippen molar-refractivity contribution in [3.05, 3.63) is 64.3 Å². The number of ether oxygens (including phenoxy) is 1. The van der Waals surface area contributed by atoms with E-state index in [9.17, 15) is 10.1 Å². The molecule has 3 aromatic rings. The SMILES string of the molecule is N#Cc1ccc2c3c([nH]c2c1)C1(CCCC1)c1cc(OCCCO)ccc1C3=O. The molecule has 5 heteroatoms. The number of rotatable bonds is 4. The molecule has 1 spiro atoms. The number of aromatic amines is 1. The summed E-state index contributed by atoms with van der Waals surface area (Å²) in [5.41, 5.74) is 4.75. The van der Waals surface area contributed by atoms with Crippen LogP contribution in [-0.2, 0) is 5.41 Å². The van der Waals surface area contributed by atoms with Gasteiger partial charge in [0.05, 0.1) is 23.8 Å². The third-order valence-corrected chi connectivity index (χ3v) is 6.41. The molecule has 0 aliphatic heterocycles. The minimum Gasteiger partial charge on any atom is -0.493 e. The zero-order valence-corrected chi connectivity index (χ0v) is 16.1. The molecule has 146 valence electrons. The summed E-state index contributed by atoms with van der Waals surface area (Å²) >= 11 is 0. The van der Waals surface area contributed by atoms with Gasteiger partial charge in [-0.15, -0.1) is 0 Å². The van der Waals surface area contributed by atoms with Gasteiger partial charge in [-0.25, -0.2) is 0 Å². The summed E-state index contributed by atoms with van der Waals surface area (Å²) in [6, 6.07) is 13.4. The first-order valence-electron chi connectivity index (χ1n) is 10.2. The van der Waals surface area contributed by atoms with Crippen LogP contribution in [0.3, 0.4) is 0 Å². The quantitative estimate of drug-likeness (QED) is 0.658. The Morgan fingerprint density at radius 3 is 2.76 bits per heavy atom. The summed E-state index contributed by atoms with van der Waals surface area (Å²) in [5, 5.41) is 19.2. The molecule has 2 aliphatic carbocycles. The van der Waals surface area contributed by atoms with Crippen molar-refractivity contribution in [3.63, 3.8) is 0 Å². The van der Waals surface area contributed by atoms with Gasteiger partial charge in [-0.2, -0.15) is 5.26 Å². The van der Waals surface area contributed by atoms with Crippen LogP contribution in [0.15, 0.2) is 36.4 Å². The number of benzene rings is 2. The Balaban J connectivity index is 1.70. The van der Waals surface area contributed by atoms with Gasteiger partial charge in [0.15, 0.2) is 5.78 Å². The maximum Gasteiger partial charge on any atom is 0.195 e. The molecule has 1 saturated carbocycles. The Morgan fingerprint density at radius 1 is 1.17 bits per heavy atom. The van der Waals surface area contributed by atoms with Gasteiger partial charge in [0.25, 0.3) is 0 Å². The Morgan fingerprint density at radius 2 is 2.00 bits per heavy atom. The van der Waals surface area contributed by atoms with Crippen LogP contribution in [0.2, 0.25) is 0 Å². The van der Waals surface area contributed by atoms with Gasteiger partial charge in [-0.1, -0.05) is 18.9 Å². The van der Waals surface area contributed by atoms with Crippen LogP contribution in [0.4, 0.5) is 0 Å². The lowest BCUT2D eigenvalue weighted by molar-refractivity contribution is 0.103. The van der Waals surface area contributed by atoms with Gasteiger partial charge in [0.1, 0.15) is 5.75 Å². The molecular formula is C24H22N2O3. The number of fused-ring (bicyclic) bond motifs is 6. The summed E-state index contributed by atoms with van der Waals surface area (Å²) in [6.45, 7) is 0.543. The van der Waals surface area contributed by atoms with Gasteiger partial charge in [-0.05, 0) is 48.7 Å². The van der Waals surface area contributed by atoms with E-state index in [4.69, 9.17) is 9.84 Å². The fourth-order valence-corrected chi connectivity index (χ4v) is 5.09. The van der Waals surface area contributed by atoms with E-state index in [1.165, 1.54) is 0 Å². The molecule has 2 aliphatic rings. The summed E-state index contributed by atoms with van der Waals surface area (Å²) in [6.07, 6.45) is 4.77. The highest BCUT2D eigenvalue weighted by Crippen LogP contribution is 2.53. The van der Waals surface area contributed by atoms with E-state index in [0.717, 1.165) is 64.7 Å². The molecule has 0 bridgehead atoms. The molecule has 0 radical (unpaired) electrons. The van der Waals surface area contributed by atoms with Crippen molar-refractivity contribution in [1.29, 1.82) is 5.26 Å². The van der Waals surface area contributed by atoms with Crippen molar-refractivity contribution in [2.75, 3.05) is 13.2 Å². The van der Waals surface area contributed by atoms with Crippen LogP contribution < -0.4 is 4.74 Å². The Labute approximate surface area is 168 Å². The highest BCUT2D eigenvalue weighted by molar-refractivity contribution is 6.20. The number of nitriles is 1. The third-order valence-electron chi connectivity index (χ3n) is 6.41. The Kier molecular flexibility index (Phi) is 4.18. The predicted octanol–water partition coefficient (Wildman–Crippen LogP) is 4.21. The molecule has 5 nitrogen and oxygen atoms in total. The summed E-state index contributed by atoms with van der Waals surface area (Å²) in [5.74, 6) is 0.771. The first-order chi connectivity index (χ1) is 14.2. The molecule has 2 N–H and O–H groups in total. The minimum atomic E-state index is -0.221. The highest BCUT2D eigenvalue weighted by atomic mass is 16.5. The lowest BCUT2D eigenvalue weighted by atomic mass is 9.67. The second kappa shape index (κ2) is 6.75. The predicted molar refractivity (Wildman–Crippen MR) is 109 cm³/mol. The molecule has 0 amide bonds. The fraction of sp³-hybridized carbons (Fsp3) is 0.333. The zero-order valence-electron chi connectivity index (χ0n) is 16.1. The number of aliphatic hydroxyl groups is 1. The summed E-state index contributed by atoms with van der Waals surface area (Å²) < 4.78 is 5.81. The fourth-order valence-electron chi connectivity index (χ4n) is 5.09. The molecule has 29 heavy (non-hydrogen) atoms. The van der Waals surface area contributed by atoms with Crippen LogP contribution in [0, 0.1) is 11.3 Å². The van der Waals surface area contributed by atoms with Crippen molar-refractivity contribution in [2.24, 2.45) is 0 Å². The van der Waals surface area contributed by atoms with Crippen molar-refractivity contribution >= 4 is 16.7 Å². The van der Waals surface area contributed by atoms with Crippen molar-refractivity contribution in [1.82, 2.24) is 4.98 Å². The maximum absolute atomic E-state index is 13.5. The third kappa shape index (κ3) is 2.60. The van der Waals surface area contributed by atoms with E-state index in [1.807, 2.05) is 30.3 Å². The number of H-pyrrole nitrogens is 1. The number of hydrogen-bond donors (Lipinski definition) is 2. The first kappa shape index (κ1) is 18.0. The van der Waals surface area contributed by atoms with Crippen molar-refractivity contribution in [2.45, 2.75) is 37.5 Å². The van der Waals surface area contributed by atoms with Gasteiger partial charge in [-0.3, -0.25) is 4.79 Å².